The summed E-state index contributed by atoms with van der Waals surface area (Å²) in [4.78, 5) is 24.1. The van der Waals surface area contributed by atoms with Gasteiger partial charge in [0, 0.05) is 12.8 Å². The number of aliphatic hydroxyl groups excluding tert-OH is 1. The summed E-state index contributed by atoms with van der Waals surface area (Å²) in [6.45, 7) is 3.93. The number of carbonyl (C=O) groups is 2. The Balaban J connectivity index is 3.76. The van der Waals surface area contributed by atoms with E-state index in [0.717, 1.165) is 57.8 Å². The van der Waals surface area contributed by atoms with E-state index in [1.54, 1.807) is 0 Å². The summed E-state index contributed by atoms with van der Waals surface area (Å²) >= 11 is 0. The molecule has 0 bridgehead atoms. The number of hydrogen-bond donors (Lipinski definition) is 1. The minimum Gasteiger partial charge on any atom is -0.462 e. The van der Waals surface area contributed by atoms with Gasteiger partial charge >= 0.3 is 11.9 Å². The molecule has 0 aromatic rings. The van der Waals surface area contributed by atoms with Crippen LogP contribution in [0.15, 0.2) is 72.9 Å². The summed E-state index contributed by atoms with van der Waals surface area (Å²) in [6.07, 6.45) is 45.4. The second-order valence-corrected chi connectivity index (χ2v) is 11.2. The molecule has 0 amide bonds. The molecule has 1 atom stereocenters. The molecule has 0 saturated carbocycles. The molecule has 0 aromatic heterocycles. The summed E-state index contributed by atoms with van der Waals surface area (Å²) in [5, 5.41) is 9.50. The van der Waals surface area contributed by atoms with Crippen LogP contribution in [0.2, 0.25) is 0 Å². The molecule has 1 N–H and O–H groups in total. The normalized spacial score (nSPS) is 13.1. The van der Waals surface area contributed by atoms with Crippen LogP contribution in [-0.2, 0) is 19.1 Å². The zero-order chi connectivity index (χ0) is 32.2. The fraction of sp³-hybridized carbons (Fsp3) is 0.641. The van der Waals surface area contributed by atoms with Gasteiger partial charge in [-0.25, -0.2) is 0 Å². The average Bonchev–Trinajstić information content (AvgIpc) is 3.02. The standard InChI is InChI=1S/C39H64O5/c1-3-5-7-9-11-13-15-16-17-18-19-20-21-22-24-26-28-30-32-34-39(42)44-37(35-40)36-43-38(41)33-31-29-27-25-23-14-12-10-8-6-4-2/h5,7,11,13,16-17,19-20,22,24,28,30,37,40H,3-4,6,8-10,12,14-15,18,21,23,25-27,29,31-36H2,1-2H3/b7-5-,13-11-,17-16-,20-19-,24-22-,30-28-/t37-/m0/s1. The highest BCUT2D eigenvalue weighted by Gasteiger charge is 2.15. The first-order chi connectivity index (χ1) is 21.6. The van der Waals surface area contributed by atoms with E-state index in [0.29, 0.717) is 12.8 Å². The van der Waals surface area contributed by atoms with Crippen molar-refractivity contribution in [2.75, 3.05) is 13.2 Å². The molecule has 0 radical (unpaired) electrons. The van der Waals surface area contributed by atoms with E-state index in [-0.39, 0.29) is 25.6 Å². The molecule has 0 aromatic carbocycles. The Hall–Kier alpha value is -2.66. The van der Waals surface area contributed by atoms with Crippen molar-refractivity contribution >= 4 is 11.9 Å². The van der Waals surface area contributed by atoms with Crippen molar-refractivity contribution in [3.63, 3.8) is 0 Å². The van der Waals surface area contributed by atoms with Gasteiger partial charge in [0.1, 0.15) is 6.61 Å². The molecule has 0 fully saturated rings. The second kappa shape index (κ2) is 34.8. The van der Waals surface area contributed by atoms with Crippen LogP contribution in [0.3, 0.4) is 0 Å². The lowest BCUT2D eigenvalue weighted by molar-refractivity contribution is -0.161. The molecule has 0 unspecified atom stereocenters. The molecule has 0 aliphatic heterocycles. The quantitative estimate of drug-likeness (QED) is 0.0496. The minimum atomic E-state index is -0.811. The summed E-state index contributed by atoms with van der Waals surface area (Å²) in [7, 11) is 0. The molecule has 0 heterocycles. The largest absolute Gasteiger partial charge is 0.462 e. The van der Waals surface area contributed by atoms with Crippen LogP contribution in [0, 0.1) is 0 Å². The minimum absolute atomic E-state index is 0.0982. The SMILES string of the molecule is CC/C=C\C/C=C\C/C=C\C/C=C\C/C=C\C/C=C\CCC(=O)O[C@@H](CO)COC(=O)CCCCCCCCCCCCC. The van der Waals surface area contributed by atoms with Gasteiger partial charge in [-0.1, -0.05) is 151 Å². The Labute approximate surface area is 270 Å². The first kappa shape index (κ1) is 41.3. The third kappa shape index (κ3) is 32.3. The summed E-state index contributed by atoms with van der Waals surface area (Å²) in [5.74, 6) is -0.696. The molecule has 44 heavy (non-hydrogen) atoms. The van der Waals surface area contributed by atoms with Crippen LogP contribution in [0.4, 0.5) is 0 Å². The Bertz CT molecular complexity index is 833. The fourth-order valence-electron chi connectivity index (χ4n) is 4.40. The second-order valence-electron chi connectivity index (χ2n) is 11.2. The van der Waals surface area contributed by atoms with E-state index in [4.69, 9.17) is 9.47 Å². The summed E-state index contributed by atoms with van der Waals surface area (Å²) in [6, 6.07) is 0. The van der Waals surface area contributed by atoms with Gasteiger partial charge in [-0.3, -0.25) is 9.59 Å². The molecule has 0 aliphatic carbocycles. The Kier molecular flexibility index (Phi) is 32.7. The van der Waals surface area contributed by atoms with Crippen LogP contribution in [0.1, 0.15) is 142 Å². The van der Waals surface area contributed by atoms with Crippen molar-refractivity contribution in [1.29, 1.82) is 0 Å². The number of carbonyl (C=O) groups excluding carboxylic acids is 2. The third-order valence-corrected chi connectivity index (χ3v) is 7.03. The summed E-state index contributed by atoms with van der Waals surface area (Å²) in [5.41, 5.74) is 0. The van der Waals surface area contributed by atoms with Gasteiger partial charge in [-0.15, -0.1) is 0 Å². The molecule has 0 spiro atoms. The van der Waals surface area contributed by atoms with Gasteiger partial charge in [-0.05, 0) is 51.4 Å². The van der Waals surface area contributed by atoms with Crippen molar-refractivity contribution in [1.82, 2.24) is 0 Å². The Morgan fingerprint density at radius 3 is 1.43 bits per heavy atom. The monoisotopic (exact) mass is 612 g/mol. The molecule has 5 nitrogen and oxygen atoms in total. The molecule has 5 heteroatoms. The van der Waals surface area contributed by atoms with Gasteiger partial charge in [0.05, 0.1) is 6.61 Å². The maximum atomic E-state index is 12.1. The van der Waals surface area contributed by atoms with Crippen LogP contribution < -0.4 is 0 Å². The van der Waals surface area contributed by atoms with Gasteiger partial charge in [-0.2, -0.15) is 0 Å². The highest BCUT2D eigenvalue weighted by Crippen LogP contribution is 2.12. The van der Waals surface area contributed by atoms with Crippen LogP contribution in [-0.4, -0.2) is 36.4 Å². The van der Waals surface area contributed by atoms with E-state index in [9.17, 15) is 14.7 Å². The molecule has 0 saturated heterocycles. The molecule has 250 valence electrons. The van der Waals surface area contributed by atoms with Gasteiger partial charge in [0.25, 0.3) is 0 Å². The number of allylic oxidation sites excluding steroid dienone is 12. The van der Waals surface area contributed by atoms with E-state index in [1.807, 2.05) is 12.2 Å². The van der Waals surface area contributed by atoms with E-state index < -0.39 is 12.1 Å². The number of hydrogen-bond acceptors (Lipinski definition) is 5. The first-order valence-corrected chi connectivity index (χ1v) is 17.5. The van der Waals surface area contributed by atoms with Crippen molar-refractivity contribution in [3.05, 3.63) is 72.9 Å². The van der Waals surface area contributed by atoms with Gasteiger partial charge in [0.15, 0.2) is 6.10 Å². The van der Waals surface area contributed by atoms with E-state index in [1.165, 1.54) is 51.4 Å². The maximum Gasteiger partial charge on any atom is 0.306 e. The molecular weight excluding hydrogens is 548 g/mol. The van der Waals surface area contributed by atoms with Crippen molar-refractivity contribution in [2.45, 2.75) is 148 Å². The number of unbranched alkanes of at least 4 members (excludes halogenated alkanes) is 10. The van der Waals surface area contributed by atoms with Crippen LogP contribution >= 0.6 is 0 Å². The van der Waals surface area contributed by atoms with Gasteiger partial charge in [0.2, 0.25) is 0 Å². The molecule has 0 rings (SSSR count). The van der Waals surface area contributed by atoms with Crippen molar-refractivity contribution < 1.29 is 24.2 Å². The van der Waals surface area contributed by atoms with Crippen molar-refractivity contribution in [3.8, 4) is 0 Å². The number of ether oxygens (including phenoxy) is 2. The highest BCUT2D eigenvalue weighted by atomic mass is 16.6. The molecular formula is C39H64O5. The Morgan fingerprint density at radius 2 is 0.977 bits per heavy atom. The van der Waals surface area contributed by atoms with Crippen LogP contribution in [0.25, 0.3) is 0 Å². The summed E-state index contributed by atoms with van der Waals surface area (Å²) < 4.78 is 10.5. The van der Waals surface area contributed by atoms with Crippen molar-refractivity contribution in [2.24, 2.45) is 0 Å². The lowest BCUT2D eigenvalue weighted by Crippen LogP contribution is -2.28. The Morgan fingerprint density at radius 1 is 0.545 bits per heavy atom. The molecule has 0 aliphatic rings. The van der Waals surface area contributed by atoms with Crippen LogP contribution in [0.5, 0.6) is 0 Å². The number of esters is 2. The topological polar surface area (TPSA) is 72.8 Å². The maximum absolute atomic E-state index is 12.1. The van der Waals surface area contributed by atoms with Gasteiger partial charge < -0.3 is 14.6 Å². The fourth-order valence-corrected chi connectivity index (χ4v) is 4.40. The van der Waals surface area contributed by atoms with E-state index >= 15 is 0 Å². The predicted molar refractivity (Wildman–Crippen MR) is 186 cm³/mol. The number of aliphatic hydroxyl groups is 1. The van der Waals surface area contributed by atoms with E-state index in [2.05, 4.69) is 74.6 Å². The average molecular weight is 613 g/mol. The highest BCUT2D eigenvalue weighted by molar-refractivity contribution is 5.70. The zero-order valence-electron chi connectivity index (χ0n) is 28.1. The predicted octanol–water partition coefficient (Wildman–Crippen LogP) is 10.6. The smallest absolute Gasteiger partial charge is 0.306 e. The third-order valence-electron chi connectivity index (χ3n) is 7.03. The zero-order valence-corrected chi connectivity index (χ0v) is 28.1. The number of rotatable bonds is 30. The lowest BCUT2D eigenvalue weighted by atomic mass is 10.1. The lowest BCUT2D eigenvalue weighted by Gasteiger charge is -2.15. The first-order valence-electron chi connectivity index (χ1n) is 17.5.